The maximum Gasteiger partial charge on any atom is 0.411 e. The molecular weight excluding hydrogens is 380 g/mol. The molecule has 0 heterocycles. The van der Waals surface area contributed by atoms with Gasteiger partial charge in [-0.1, -0.05) is 6.07 Å². The Morgan fingerprint density at radius 1 is 1.04 bits per heavy atom. The van der Waals surface area contributed by atoms with Gasteiger partial charge in [-0.25, -0.2) is 9.59 Å². The molecule has 158 valence electrons. The third-order valence-corrected chi connectivity index (χ3v) is 7.07. The number of carbonyl (C=O) groups excluding carboxylic acids is 2. The number of urea groups is 1. The first-order valence-electron chi connectivity index (χ1n) is 9.32. The maximum atomic E-state index is 12.0. The fourth-order valence-electron chi connectivity index (χ4n) is 2.35. The molecule has 0 aromatic heterocycles. The first kappa shape index (κ1) is 23.9. The Morgan fingerprint density at radius 3 is 2.36 bits per heavy atom. The Labute approximate surface area is 167 Å². The molecule has 28 heavy (non-hydrogen) atoms. The van der Waals surface area contributed by atoms with Gasteiger partial charge in [-0.2, -0.15) is 0 Å². The number of amides is 3. The molecule has 3 amide bonds. The summed E-state index contributed by atoms with van der Waals surface area (Å²) in [7, 11) is 1.38. The van der Waals surface area contributed by atoms with Gasteiger partial charge in [0.2, 0.25) is 0 Å². The van der Waals surface area contributed by atoms with E-state index in [0.717, 1.165) is 19.0 Å². The van der Waals surface area contributed by atoms with Crippen molar-refractivity contribution in [1.82, 2.24) is 10.6 Å². The lowest BCUT2D eigenvalue weighted by Crippen LogP contribution is -2.38. The third-order valence-electron chi connectivity index (χ3n) is 4.08. The van der Waals surface area contributed by atoms with E-state index in [0.29, 0.717) is 31.1 Å². The van der Waals surface area contributed by atoms with Crippen LogP contribution in [0.15, 0.2) is 24.3 Å². The van der Waals surface area contributed by atoms with E-state index in [1.807, 2.05) is 6.55 Å². The van der Waals surface area contributed by atoms with Crippen molar-refractivity contribution in [3.05, 3.63) is 24.3 Å². The molecule has 0 fully saturated rings. The minimum Gasteiger partial charge on any atom is -0.450 e. The summed E-state index contributed by atoms with van der Waals surface area (Å²) in [5.74, 6) is 0. The van der Waals surface area contributed by atoms with Crippen LogP contribution in [0.3, 0.4) is 0 Å². The summed E-state index contributed by atoms with van der Waals surface area (Å²) in [6, 6.07) is 7.44. The SMILES string of the molecule is CCOC(=O)Nc1cccc(NC(=O)NCCNCCC[Si](C)(OC)OC)c1. The molecule has 0 aliphatic heterocycles. The van der Waals surface area contributed by atoms with Crippen molar-refractivity contribution in [2.24, 2.45) is 0 Å². The van der Waals surface area contributed by atoms with Crippen molar-refractivity contribution in [3.63, 3.8) is 0 Å². The molecule has 0 saturated carbocycles. The minimum atomic E-state index is -2.00. The summed E-state index contributed by atoms with van der Waals surface area (Å²) in [6.45, 7) is 6.05. The Balaban J connectivity index is 2.22. The Kier molecular flexibility index (Phi) is 11.2. The van der Waals surface area contributed by atoms with Crippen molar-refractivity contribution in [2.75, 3.05) is 51.1 Å². The fraction of sp³-hybridized carbons (Fsp3) is 0.556. The van der Waals surface area contributed by atoms with Gasteiger partial charge in [0.25, 0.3) is 0 Å². The van der Waals surface area contributed by atoms with Gasteiger partial charge < -0.3 is 29.5 Å². The van der Waals surface area contributed by atoms with Crippen LogP contribution in [-0.2, 0) is 13.6 Å². The van der Waals surface area contributed by atoms with Crippen molar-refractivity contribution in [2.45, 2.75) is 25.9 Å². The first-order chi connectivity index (χ1) is 13.4. The van der Waals surface area contributed by atoms with E-state index in [2.05, 4.69) is 21.3 Å². The molecule has 0 atom stereocenters. The second-order valence-corrected chi connectivity index (χ2v) is 9.79. The van der Waals surface area contributed by atoms with Crippen molar-refractivity contribution in [3.8, 4) is 0 Å². The second kappa shape index (κ2) is 13.1. The molecule has 9 nitrogen and oxygen atoms in total. The highest BCUT2D eigenvalue weighted by molar-refractivity contribution is 6.65. The Hall–Kier alpha value is -2.14. The summed E-state index contributed by atoms with van der Waals surface area (Å²) < 4.78 is 15.7. The van der Waals surface area contributed by atoms with Crippen LogP contribution in [0.2, 0.25) is 12.6 Å². The zero-order valence-corrected chi connectivity index (χ0v) is 18.1. The fourth-order valence-corrected chi connectivity index (χ4v) is 3.74. The Morgan fingerprint density at radius 2 is 1.71 bits per heavy atom. The number of benzene rings is 1. The van der Waals surface area contributed by atoms with Crippen LogP contribution < -0.4 is 21.3 Å². The van der Waals surface area contributed by atoms with E-state index in [-0.39, 0.29) is 6.03 Å². The van der Waals surface area contributed by atoms with Gasteiger partial charge in [-0.15, -0.1) is 0 Å². The van der Waals surface area contributed by atoms with Gasteiger partial charge in [0.1, 0.15) is 0 Å². The highest BCUT2D eigenvalue weighted by Crippen LogP contribution is 2.15. The number of hydrogen-bond acceptors (Lipinski definition) is 6. The number of hydrogen-bond donors (Lipinski definition) is 4. The highest BCUT2D eigenvalue weighted by atomic mass is 28.4. The van der Waals surface area contributed by atoms with Crippen LogP contribution in [-0.4, -0.2) is 61.1 Å². The molecule has 0 radical (unpaired) electrons. The summed E-state index contributed by atoms with van der Waals surface area (Å²) in [5, 5.41) is 11.4. The molecule has 0 bridgehead atoms. The van der Waals surface area contributed by atoms with Crippen LogP contribution in [0.5, 0.6) is 0 Å². The van der Waals surface area contributed by atoms with Gasteiger partial charge in [0.15, 0.2) is 0 Å². The summed E-state index contributed by atoms with van der Waals surface area (Å²) in [5.41, 5.74) is 1.11. The zero-order valence-electron chi connectivity index (χ0n) is 17.1. The smallest absolute Gasteiger partial charge is 0.411 e. The molecule has 0 spiro atoms. The van der Waals surface area contributed by atoms with Gasteiger partial charge in [-0.05, 0) is 50.7 Å². The van der Waals surface area contributed by atoms with Crippen LogP contribution in [0.25, 0.3) is 0 Å². The maximum absolute atomic E-state index is 12.0. The standard InChI is InChI=1S/C18H32N4O5Si/c1-5-27-18(24)22-16-9-6-8-15(14-16)21-17(23)20-12-11-19-10-7-13-28(4,25-2)26-3/h6,8-9,14,19H,5,7,10-13H2,1-4H3,(H,22,24)(H2,20,21,23). The average Bonchev–Trinajstić information content (AvgIpc) is 2.67. The zero-order chi connectivity index (χ0) is 20.8. The van der Waals surface area contributed by atoms with Gasteiger partial charge >= 0.3 is 20.7 Å². The number of rotatable bonds is 12. The molecular formula is C18H32N4O5Si. The quantitative estimate of drug-likeness (QED) is 0.310. The van der Waals surface area contributed by atoms with Crippen LogP contribution in [0, 0.1) is 0 Å². The van der Waals surface area contributed by atoms with Crippen molar-refractivity contribution >= 4 is 32.1 Å². The van der Waals surface area contributed by atoms with Crippen molar-refractivity contribution < 1.29 is 23.2 Å². The number of carbonyl (C=O) groups is 2. The van der Waals surface area contributed by atoms with Gasteiger partial charge in [-0.3, -0.25) is 5.32 Å². The van der Waals surface area contributed by atoms with Gasteiger partial charge in [0.05, 0.1) is 6.61 Å². The number of anilines is 2. The summed E-state index contributed by atoms with van der Waals surface area (Å²) in [6.07, 6.45) is 0.422. The summed E-state index contributed by atoms with van der Waals surface area (Å²) >= 11 is 0. The third kappa shape index (κ3) is 9.69. The van der Waals surface area contributed by atoms with E-state index < -0.39 is 14.7 Å². The number of nitrogens with one attached hydrogen (secondary N) is 4. The van der Waals surface area contributed by atoms with Crippen LogP contribution >= 0.6 is 0 Å². The van der Waals surface area contributed by atoms with Crippen LogP contribution in [0.4, 0.5) is 21.0 Å². The number of ether oxygens (including phenoxy) is 1. The van der Waals surface area contributed by atoms with E-state index >= 15 is 0 Å². The molecule has 0 aliphatic rings. The molecule has 0 unspecified atom stereocenters. The lowest BCUT2D eigenvalue weighted by Gasteiger charge is -2.22. The molecule has 0 aliphatic carbocycles. The highest BCUT2D eigenvalue weighted by Gasteiger charge is 2.27. The molecule has 10 heteroatoms. The van der Waals surface area contributed by atoms with E-state index in [4.69, 9.17) is 13.6 Å². The average molecular weight is 413 g/mol. The molecule has 0 saturated heterocycles. The van der Waals surface area contributed by atoms with E-state index in [1.165, 1.54) is 0 Å². The lowest BCUT2D eigenvalue weighted by molar-refractivity contribution is 0.168. The van der Waals surface area contributed by atoms with E-state index in [1.54, 1.807) is 45.4 Å². The molecule has 1 aromatic rings. The van der Waals surface area contributed by atoms with Crippen LogP contribution in [0.1, 0.15) is 13.3 Å². The van der Waals surface area contributed by atoms with E-state index in [9.17, 15) is 9.59 Å². The molecule has 4 N–H and O–H groups in total. The normalized spacial score (nSPS) is 11.0. The largest absolute Gasteiger partial charge is 0.450 e. The second-order valence-electron chi connectivity index (χ2n) is 6.20. The summed E-state index contributed by atoms with van der Waals surface area (Å²) in [4.78, 5) is 23.4. The topological polar surface area (TPSA) is 110 Å². The Bertz CT molecular complexity index is 613. The first-order valence-corrected chi connectivity index (χ1v) is 11.8. The monoisotopic (exact) mass is 412 g/mol. The molecule has 1 rings (SSSR count). The minimum absolute atomic E-state index is 0.292. The predicted octanol–water partition coefficient (Wildman–Crippen LogP) is 2.72. The predicted molar refractivity (Wildman–Crippen MR) is 112 cm³/mol. The molecule has 1 aromatic carbocycles. The van der Waals surface area contributed by atoms with Gasteiger partial charge in [0, 0.05) is 38.7 Å². The van der Waals surface area contributed by atoms with Crippen molar-refractivity contribution in [1.29, 1.82) is 0 Å². The lowest BCUT2D eigenvalue weighted by atomic mass is 10.3.